The maximum Gasteiger partial charge on any atom is 0.407 e. The van der Waals surface area contributed by atoms with Gasteiger partial charge in [-0.1, -0.05) is 45.9 Å². The molecule has 1 aliphatic carbocycles. The second-order valence-corrected chi connectivity index (χ2v) is 10.0. The predicted molar refractivity (Wildman–Crippen MR) is 117 cm³/mol. The van der Waals surface area contributed by atoms with Crippen molar-refractivity contribution < 1.29 is 9.90 Å². The molecule has 0 saturated carbocycles. The molecule has 29 heavy (non-hydrogen) atoms. The van der Waals surface area contributed by atoms with Gasteiger partial charge in [-0.2, -0.15) is 0 Å². The van der Waals surface area contributed by atoms with E-state index in [9.17, 15) is 9.90 Å². The molecule has 1 saturated heterocycles. The van der Waals surface area contributed by atoms with E-state index >= 15 is 0 Å². The van der Waals surface area contributed by atoms with E-state index in [1.54, 1.807) is 0 Å². The van der Waals surface area contributed by atoms with E-state index in [-0.39, 0.29) is 10.8 Å². The number of piperidine rings is 1. The fourth-order valence-corrected chi connectivity index (χ4v) is 4.95. The molecule has 2 aliphatic rings. The third-order valence-electron chi connectivity index (χ3n) is 7.10. The van der Waals surface area contributed by atoms with Gasteiger partial charge in [0.2, 0.25) is 0 Å². The van der Waals surface area contributed by atoms with Crippen molar-refractivity contribution in [2.24, 2.45) is 0 Å². The lowest BCUT2D eigenvalue weighted by Gasteiger charge is -2.42. The standard InChI is InChI=1S/C25H32N2O2/c1-24(2)12-13-25(3,4)20-16-18(8-9-19(20)24)22-7-5-6-21(26-22)17-10-14-27(15-11-17)23(28)29/h5-9,16-17H,10-15H2,1-4H3,(H,28,29). The molecule has 154 valence electrons. The van der Waals surface area contributed by atoms with Crippen molar-refractivity contribution in [3.63, 3.8) is 0 Å². The third kappa shape index (κ3) is 3.77. The van der Waals surface area contributed by atoms with Crippen molar-refractivity contribution in [3.8, 4) is 11.3 Å². The molecule has 4 nitrogen and oxygen atoms in total. The highest BCUT2D eigenvalue weighted by Crippen LogP contribution is 2.46. The summed E-state index contributed by atoms with van der Waals surface area (Å²) in [7, 11) is 0. The Kier molecular flexibility index (Phi) is 4.92. The van der Waals surface area contributed by atoms with Crippen LogP contribution in [-0.2, 0) is 10.8 Å². The first-order valence-electron chi connectivity index (χ1n) is 10.8. The fourth-order valence-electron chi connectivity index (χ4n) is 4.95. The van der Waals surface area contributed by atoms with E-state index in [0.29, 0.717) is 19.0 Å². The Morgan fingerprint density at radius 2 is 1.66 bits per heavy atom. The molecule has 0 spiro atoms. The largest absolute Gasteiger partial charge is 0.465 e. The number of hydrogen-bond donors (Lipinski definition) is 1. The Hall–Kier alpha value is -2.36. The van der Waals surface area contributed by atoms with Crippen LogP contribution in [0, 0.1) is 0 Å². The smallest absolute Gasteiger partial charge is 0.407 e. The molecule has 4 heteroatoms. The summed E-state index contributed by atoms with van der Waals surface area (Å²) < 4.78 is 0. The quantitative estimate of drug-likeness (QED) is 0.686. The number of benzene rings is 1. The Labute approximate surface area is 174 Å². The van der Waals surface area contributed by atoms with Crippen LogP contribution < -0.4 is 0 Å². The van der Waals surface area contributed by atoms with Crippen LogP contribution in [0.25, 0.3) is 11.3 Å². The molecule has 2 aromatic rings. The van der Waals surface area contributed by atoms with Gasteiger partial charge in [0.25, 0.3) is 0 Å². The van der Waals surface area contributed by atoms with Crippen molar-refractivity contribution in [1.29, 1.82) is 0 Å². The first-order chi connectivity index (χ1) is 13.7. The lowest BCUT2D eigenvalue weighted by molar-refractivity contribution is 0.131. The number of amides is 1. The average molecular weight is 393 g/mol. The van der Waals surface area contributed by atoms with Crippen LogP contribution in [-0.4, -0.2) is 34.2 Å². The highest BCUT2D eigenvalue weighted by molar-refractivity contribution is 5.65. The zero-order valence-corrected chi connectivity index (χ0v) is 18.0. The number of fused-ring (bicyclic) bond motifs is 1. The number of carboxylic acid groups (broad SMARTS) is 1. The van der Waals surface area contributed by atoms with Crippen LogP contribution in [0.2, 0.25) is 0 Å². The summed E-state index contributed by atoms with van der Waals surface area (Å²) in [6.07, 6.45) is 3.29. The van der Waals surface area contributed by atoms with Gasteiger partial charge in [0.15, 0.2) is 0 Å². The second kappa shape index (κ2) is 7.16. The molecule has 0 atom stereocenters. The second-order valence-electron chi connectivity index (χ2n) is 10.0. The van der Waals surface area contributed by atoms with Crippen molar-refractivity contribution in [1.82, 2.24) is 9.88 Å². The summed E-state index contributed by atoms with van der Waals surface area (Å²) >= 11 is 0. The van der Waals surface area contributed by atoms with Crippen LogP contribution in [0.3, 0.4) is 0 Å². The van der Waals surface area contributed by atoms with Gasteiger partial charge in [-0.15, -0.1) is 0 Å². The Bertz CT molecular complexity index is 924. The highest BCUT2D eigenvalue weighted by atomic mass is 16.4. The normalized spacial score (nSPS) is 20.9. The molecular weight excluding hydrogens is 360 g/mol. The molecule has 1 aliphatic heterocycles. The SMILES string of the molecule is CC1(C)CCC(C)(C)c2cc(-c3cccc(C4CCN(C(=O)O)CC4)n3)ccc21. The van der Waals surface area contributed by atoms with Gasteiger partial charge < -0.3 is 10.0 Å². The Morgan fingerprint density at radius 1 is 1.00 bits per heavy atom. The van der Waals surface area contributed by atoms with Crippen LogP contribution in [0.15, 0.2) is 36.4 Å². The summed E-state index contributed by atoms with van der Waals surface area (Å²) in [6.45, 7) is 10.6. The molecule has 4 rings (SSSR count). The average Bonchev–Trinajstić information content (AvgIpc) is 2.71. The van der Waals surface area contributed by atoms with Gasteiger partial charge in [-0.05, 0) is 65.8 Å². The maximum absolute atomic E-state index is 11.2. The first kappa shape index (κ1) is 19.9. The Balaban J connectivity index is 1.64. The highest BCUT2D eigenvalue weighted by Gasteiger charge is 2.37. The topological polar surface area (TPSA) is 53.4 Å². The summed E-state index contributed by atoms with van der Waals surface area (Å²) in [4.78, 5) is 17.7. The number of hydrogen-bond acceptors (Lipinski definition) is 2. The van der Waals surface area contributed by atoms with Crippen LogP contribution in [0.5, 0.6) is 0 Å². The Morgan fingerprint density at radius 3 is 2.31 bits per heavy atom. The monoisotopic (exact) mass is 392 g/mol. The summed E-state index contributed by atoms with van der Waals surface area (Å²) in [5, 5.41) is 9.17. The van der Waals surface area contributed by atoms with Crippen LogP contribution in [0.4, 0.5) is 4.79 Å². The lowest BCUT2D eigenvalue weighted by atomic mass is 9.63. The van der Waals surface area contributed by atoms with Gasteiger partial charge >= 0.3 is 6.09 Å². The number of nitrogens with zero attached hydrogens (tertiary/aromatic N) is 2. The number of rotatable bonds is 2. The predicted octanol–water partition coefficient (Wildman–Crippen LogP) is 5.96. The van der Waals surface area contributed by atoms with Gasteiger partial charge in [0.05, 0.1) is 5.69 Å². The van der Waals surface area contributed by atoms with Gasteiger partial charge in [-0.3, -0.25) is 4.98 Å². The first-order valence-corrected chi connectivity index (χ1v) is 10.8. The molecular formula is C25H32N2O2. The van der Waals surface area contributed by atoms with Crippen LogP contribution >= 0.6 is 0 Å². The number of pyridine rings is 1. The summed E-state index contributed by atoms with van der Waals surface area (Å²) in [5.41, 5.74) is 6.61. The molecule has 1 fully saturated rings. The lowest BCUT2D eigenvalue weighted by Crippen LogP contribution is -2.36. The van der Waals surface area contributed by atoms with Gasteiger partial charge in [0.1, 0.15) is 0 Å². The van der Waals surface area contributed by atoms with E-state index in [2.05, 4.69) is 64.1 Å². The van der Waals surface area contributed by atoms with Crippen molar-refractivity contribution in [2.45, 2.75) is 70.1 Å². The molecule has 0 radical (unpaired) electrons. The molecule has 0 bridgehead atoms. The van der Waals surface area contributed by atoms with E-state index in [0.717, 1.165) is 24.2 Å². The zero-order chi connectivity index (χ0) is 20.8. The van der Waals surface area contributed by atoms with Crippen LogP contribution in [0.1, 0.15) is 76.1 Å². The molecule has 1 amide bonds. The zero-order valence-electron chi connectivity index (χ0n) is 18.0. The van der Waals surface area contributed by atoms with Gasteiger partial charge in [-0.25, -0.2) is 4.79 Å². The third-order valence-corrected chi connectivity index (χ3v) is 7.10. The summed E-state index contributed by atoms with van der Waals surface area (Å²) in [6, 6.07) is 13.2. The van der Waals surface area contributed by atoms with Crippen molar-refractivity contribution in [2.75, 3.05) is 13.1 Å². The number of likely N-dealkylation sites (tertiary alicyclic amines) is 1. The molecule has 1 aromatic heterocycles. The minimum absolute atomic E-state index is 0.183. The van der Waals surface area contributed by atoms with E-state index < -0.39 is 6.09 Å². The fraction of sp³-hybridized carbons (Fsp3) is 0.520. The van der Waals surface area contributed by atoms with E-state index in [1.165, 1.54) is 34.4 Å². The maximum atomic E-state index is 11.2. The molecule has 1 aromatic carbocycles. The summed E-state index contributed by atoms with van der Waals surface area (Å²) in [5.74, 6) is 0.332. The molecule has 0 unspecified atom stereocenters. The molecule has 2 heterocycles. The minimum Gasteiger partial charge on any atom is -0.465 e. The number of carbonyl (C=O) groups is 1. The van der Waals surface area contributed by atoms with E-state index in [4.69, 9.17) is 4.98 Å². The van der Waals surface area contributed by atoms with Crippen molar-refractivity contribution in [3.05, 3.63) is 53.2 Å². The molecule has 1 N–H and O–H groups in total. The van der Waals surface area contributed by atoms with E-state index in [1.807, 2.05) is 0 Å². The minimum atomic E-state index is -0.815. The van der Waals surface area contributed by atoms with Gasteiger partial charge in [0, 0.05) is 30.3 Å². The van der Waals surface area contributed by atoms with Crippen molar-refractivity contribution >= 4 is 6.09 Å². The number of aromatic nitrogens is 1.